The normalized spacial score (nSPS) is 13.7. The Morgan fingerprint density at radius 3 is 2.27 bits per heavy atom. The summed E-state index contributed by atoms with van der Waals surface area (Å²) in [7, 11) is 0. The molecule has 0 atom stereocenters. The Balaban J connectivity index is 0.000000195. The van der Waals surface area contributed by atoms with Gasteiger partial charge in [-0.15, -0.1) is 0 Å². The summed E-state index contributed by atoms with van der Waals surface area (Å²) in [6.45, 7) is 0. The molecule has 1 aliphatic carbocycles. The first-order chi connectivity index (χ1) is 6.86. The molecule has 0 bridgehead atoms. The van der Waals surface area contributed by atoms with E-state index in [1.807, 2.05) is 30.3 Å². The van der Waals surface area contributed by atoms with E-state index in [9.17, 15) is 13.2 Å². The van der Waals surface area contributed by atoms with Gasteiger partial charge in [0.05, 0.1) is 5.76 Å². The van der Waals surface area contributed by atoms with E-state index in [-0.39, 0.29) is 0 Å². The van der Waals surface area contributed by atoms with Gasteiger partial charge in [-0.2, -0.15) is 13.2 Å². The van der Waals surface area contributed by atoms with Crippen molar-refractivity contribution in [2.24, 2.45) is 0 Å². The summed E-state index contributed by atoms with van der Waals surface area (Å²) in [6, 6.07) is 8.02. The minimum absolute atomic E-state index is 0.473. The van der Waals surface area contributed by atoms with E-state index in [0.29, 0.717) is 12.2 Å². The molecule has 82 valence electrons. The van der Waals surface area contributed by atoms with E-state index in [1.165, 1.54) is 5.56 Å². The zero-order chi connectivity index (χ0) is 11.5. The molecule has 0 aliphatic heterocycles. The van der Waals surface area contributed by atoms with Crippen LogP contribution in [0.15, 0.2) is 30.0 Å². The van der Waals surface area contributed by atoms with Gasteiger partial charge < -0.3 is 5.11 Å². The van der Waals surface area contributed by atoms with E-state index >= 15 is 0 Å². The summed E-state index contributed by atoms with van der Waals surface area (Å²) in [5.41, 5.74) is -1.93. The average Bonchev–Trinajstić information content (AvgIpc) is 2.40. The number of halogens is 3. The van der Waals surface area contributed by atoms with Crippen LogP contribution < -0.4 is 0 Å². The van der Waals surface area contributed by atoms with E-state index in [0.717, 1.165) is 5.56 Å². The van der Waals surface area contributed by atoms with Gasteiger partial charge in [-0.05, 0) is 17.2 Å². The lowest BCUT2D eigenvalue weighted by Gasteiger charge is -1.93. The van der Waals surface area contributed by atoms with Crippen molar-refractivity contribution in [3.05, 3.63) is 41.2 Å². The molecule has 15 heavy (non-hydrogen) atoms. The second-order valence-electron chi connectivity index (χ2n) is 2.98. The molecule has 0 fully saturated rings. The Bertz CT molecular complexity index is 365. The van der Waals surface area contributed by atoms with Gasteiger partial charge >= 0.3 is 5.51 Å². The van der Waals surface area contributed by atoms with Gasteiger partial charge in [0.2, 0.25) is 0 Å². The van der Waals surface area contributed by atoms with Gasteiger partial charge in [-0.1, -0.05) is 36.9 Å². The van der Waals surface area contributed by atoms with Crippen molar-refractivity contribution in [2.45, 2.75) is 11.9 Å². The van der Waals surface area contributed by atoms with Gasteiger partial charge in [0, 0.05) is 6.42 Å². The summed E-state index contributed by atoms with van der Waals surface area (Å²) >= 11 is 2.12. The maximum Gasteiger partial charge on any atom is 0.438 e. The van der Waals surface area contributed by atoms with E-state index < -0.39 is 5.51 Å². The topological polar surface area (TPSA) is 20.2 Å². The number of hydrogen-bond acceptors (Lipinski definition) is 2. The number of thiol groups is 1. The fourth-order valence-corrected chi connectivity index (χ4v) is 1.26. The van der Waals surface area contributed by atoms with Crippen LogP contribution in [-0.2, 0) is 6.42 Å². The van der Waals surface area contributed by atoms with Crippen LogP contribution in [0.25, 0.3) is 6.08 Å². The number of allylic oxidation sites excluding steroid dienone is 1. The summed E-state index contributed by atoms with van der Waals surface area (Å²) < 4.78 is 30.7. The van der Waals surface area contributed by atoms with Crippen molar-refractivity contribution >= 4 is 18.7 Å². The van der Waals surface area contributed by atoms with Crippen LogP contribution >= 0.6 is 12.6 Å². The molecule has 0 saturated heterocycles. The highest BCUT2D eigenvalue weighted by Crippen LogP contribution is 2.22. The number of aliphatic hydroxyl groups is 1. The number of aliphatic hydroxyl groups excluding tert-OH is 1. The van der Waals surface area contributed by atoms with Crippen molar-refractivity contribution in [1.82, 2.24) is 0 Å². The van der Waals surface area contributed by atoms with Crippen molar-refractivity contribution in [2.75, 3.05) is 0 Å². The van der Waals surface area contributed by atoms with Crippen LogP contribution in [0.3, 0.4) is 0 Å². The van der Waals surface area contributed by atoms with Crippen LogP contribution in [0.4, 0.5) is 13.2 Å². The quantitative estimate of drug-likeness (QED) is 0.657. The first-order valence-corrected chi connectivity index (χ1v) is 4.57. The molecule has 0 radical (unpaired) electrons. The molecule has 1 aliphatic rings. The Kier molecular flexibility index (Phi) is 3.68. The summed E-state index contributed by atoms with van der Waals surface area (Å²) in [5.74, 6) is 0.473. The van der Waals surface area contributed by atoms with E-state index in [4.69, 9.17) is 5.11 Å². The van der Waals surface area contributed by atoms with E-state index in [2.05, 4.69) is 12.6 Å². The standard InChI is InChI=1S/C9H8O.CHF3S/c10-9-5-7-3-1-2-4-8(7)6-9;2-1(3,4)5/h1-5,10H,6H2;5H. The van der Waals surface area contributed by atoms with E-state index in [1.54, 1.807) is 0 Å². The molecular formula is C10H9F3OS. The molecule has 0 heterocycles. The average molecular weight is 234 g/mol. The molecule has 0 amide bonds. The third kappa shape index (κ3) is 4.78. The van der Waals surface area contributed by atoms with Crippen LogP contribution in [0.1, 0.15) is 11.1 Å². The Morgan fingerprint density at radius 1 is 1.20 bits per heavy atom. The van der Waals surface area contributed by atoms with Crippen molar-refractivity contribution in [3.63, 3.8) is 0 Å². The van der Waals surface area contributed by atoms with Crippen LogP contribution in [0.5, 0.6) is 0 Å². The smallest absolute Gasteiger partial charge is 0.438 e. The fourth-order valence-electron chi connectivity index (χ4n) is 1.26. The zero-order valence-corrected chi connectivity index (χ0v) is 8.52. The zero-order valence-electron chi connectivity index (χ0n) is 7.62. The minimum Gasteiger partial charge on any atom is -0.512 e. The van der Waals surface area contributed by atoms with Crippen molar-refractivity contribution in [1.29, 1.82) is 0 Å². The molecule has 0 aromatic heterocycles. The highest BCUT2D eigenvalue weighted by molar-refractivity contribution is 7.81. The Labute approximate surface area is 90.6 Å². The third-order valence-corrected chi connectivity index (χ3v) is 1.75. The highest BCUT2D eigenvalue weighted by atomic mass is 32.1. The molecular weight excluding hydrogens is 225 g/mol. The van der Waals surface area contributed by atoms with Gasteiger partial charge in [0.15, 0.2) is 0 Å². The summed E-state index contributed by atoms with van der Waals surface area (Å²) in [4.78, 5) is 0. The number of alkyl halides is 3. The maximum atomic E-state index is 10.2. The molecule has 0 saturated carbocycles. The molecule has 5 heteroatoms. The number of hydrogen-bond donors (Lipinski definition) is 2. The fraction of sp³-hybridized carbons (Fsp3) is 0.200. The van der Waals surface area contributed by atoms with Gasteiger partial charge in [-0.3, -0.25) is 0 Å². The molecule has 1 nitrogen and oxygen atoms in total. The molecule has 0 unspecified atom stereocenters. The Hall–Kier alpha value is -1.10. The second kappa shape index (κ2) is 4.61. The lowest BCUT2D eigenvalue weighted by atomic mass is 10.1. The first kappa shape index (κ1) is 12.0. The van der Waals surface area contributed by atoms with Crippen LogP contribution in [-0.4, -0.2) is 10.6 Å². The predicted octanol–water partition coefficient (Wildman–Crippen LogP) is 3.58. The first-order valence-electron chi connectivity index (χ1n) is 4.13. The summed E-state index contributed by atoms with van der Waals surface area (Å²) in [6.07, 6.45) is 2.52. The lowest BCUT2D eigenvalue weighted by Crippen LogP contribution is -1.89. The monoisotopic (exact) mass is 234 g/mol. The molecule has 2 rings (SSSR count). The number of benzene rings is 1. The maximum absolute atomic E-state index is 10.2. The second-order valence-corrected chi connectivity index (χ2v) is 3.49. The number of fused-ring (bicyclic) bond motifs is 1. The van der Waals surface area contributed by atoms with Crippen LogP contribution in [0, 0.1) is 0 Å². The number of rotatable bonds is 0. The van der Waals surface area contributed by atoms with Gasteiger partial charge in [0.25, 0.3) is 0 Å². The minimum atomic E-state index is -4.31. The molecule has 1 N–H and O–H groups in total. The van der Waals surface area contributed by atoms with Crippen LogP contribution in [0.2, 0.25) is 0 Å². The SMILES string of the molecule is FC(F)(F)S.OC1=Cc2ccccc2C1. The summed E-state index contributed by atoms with van der Waals surface area (Å²) in [5, 5.41) is 9.11. The highest BCUT2D eigenvalue weighted by Gasteiger charge is 2.17. The van der Waals surface area contributed by atoms with Gasteiger partial charge in [-0.25, -0.2) is 0 Å². The van der Waals surface area contributed by atoms with Crippen molar-refractivity contribution in [3.8, 4) is 0 Å². The third-order valence-electron chi connectivity index (χ3n) is 1.75. The largest absolute Gasteiger partial charge is 0.512 e. The van der Waals surface area contributed by atoms with Crippen molar-refractivity contribution < 1.29 is 18.3 Å². The lowest BCUT2D eigenvalue weighted by molar-refractivity contribution is -0.0303. The Morgan fingerprint density at radius 2 is 1.73 bits per heavy atom. The predicted molar refractivity (Wildman–Crippen MR) is 55.8 cm³/mol. The molecule has 1 aromatic rings. The molecule has 1 aromatic carbocycles. The van der Waals surface area contributed by atoms with Gasteiger partial charge in [0.1, 0.15) is 0 Å². The molecule has 0 spiro atoms.